The molecule has 0 saturated heterocycles. The molecule has 0 spiro atoms. The van der Waals surface area contributed by atoms with E-state index >= 15 is 0 Å². The maximum absolute atomic E-state index is 13.0. The maximum Gasteiger partial charge on any atom is 0.349 e. The fourth-order valence-electron chi connectivity index (χ4n) is 3.19. The van der Waals surface area contributed by atoms with E-state index in [1.807, 2.05) is 19.1 Å². The minimum Gasteiger partial charge on any atom is -0.465 e. The van der Waals surface area contributed by atoms with Gasteiger partial charge in [-0.3, -0.25) is 9.52 Å². The number of anilines is 2. The van der Waals surface area contributed by atoms with Crippen molar-refractivity contribution in [1.29, 1.82) is 0 Å². The van der Waals surface area contributed by atoms with Crippen molar-refractivity contribution in [2.75, 3.05) is 23.8 Å². The number of rotatable bonds is 4. The summed E-state index contributed by atoms with van der Waals surface area (Å²) in [5.74, 6) is -0.246. The molecule has 1 aromatic heterocycles. The molecule has 160 valence electrons. The molecule has 0 bridgehead atoms. The van der Waals surface area contributed by atoms with E-state index in [0.717, 1.165) is 16.9 Å². The molecule has 10 heteroatoms. The largest absolute Gasteiger partial charge is 0.465 e. The lowest BCUT2D eigenvalue weighted by Gasteiger charge is -2.17. The van der Waals surface area contributed by atoms with Crippen molar-refractivity contribution in [3.8, 4) is 11.5 Å². The molecule has 1 aliphatic heterocycles. The van der Waals surface area contributed by atoms with E-state index in [2.05, 4.69) is 9.46 Å². The number of carbonyl (C=O) groups excluding carboxylic acids is 2. The van der Waals surface area contributed by atoms with Crippen LogP contribution in [0, 0.1) is 6.92 Å². The summed E-state index contributed by atoms with van der Waals surface area (Å²) < 4.78 is 38.7. The van der Waals surface area contributed by atoms with Crippen molar-refractivity contribution in [3.63, 3.8) is 0 Å². The summed E-state index contributed by atoms with van der Waals surface area (Å²) in [5, 5.41) is 1.49. The predicted octanol–water partition coefficient (Wildman–Crippen LogP) is 4.03. The molecule has 8 nitrogen and oxygen atoms in total. The summed E-state index contributed by atoms with van der Waals surface area (Å²) in [7, 11) is -1.28. The zero-order chi connectivity index (χ0) is 22.3. The molecule has 0 fully saturated rings. The third-order valence-electron chi connectivity index (χ3n) is 4.75. The van der Waals surface area contributed by atoms with Crippen LogP contribution in [0.25, 0.3) is 0 Å². The van der Waals surface area contributed by atoms with Gasteiger partial charge in [-0.2, -0.15) is 0 Å². The molecule has 2 aromatic carbocycles. The highest BCUT2D eigenvalue weighted by Crippen LogP contribution is 2.39. The minimum absolute atomic E-state index is 0.0327. The Kier molecular flexibility index (Phi) is 5.19. The second kappa shape index (κ2) is 7.71. The van der Waals surface area contributed by atoms with Gasteiger partial charge in [0.05, 0.1) is 18.4 Å². The lowest BCUT2D eigenvalue weighted by atomic mass is 10.1. The molecule has 1 aliphatic rings. The van der Waals surface area contributed by atoms with Gasteiger partial charge < -0.3 is 14.4 Å². The van der Waals surface area contributed by atoms with Gasteiger partial charge in [0, 0.05) is 12.7 Å². The van der Waals surface area contributed by atoms with Crippen molar-refractivity contribution < 1.29 is 27.5 Å². The molecular weight excluding hydrogens is 440 g/mol. The van der Waals surface area contributed by atoms with Crippen LogP contribution in [0.1, 0.15) is 25.6 Å². The topological polar surface area (TPSA) is 102 Å². The van der Waals surface area contributed by atoms with E-state index in [-0.39, 0.29) is 26.9 Å². The first-order chi connectivity index (χ1) is 14.7. The van der Waals surface area contributed by atoms with Crippen LogP contribution in [-0.4, -0.2) is 34.5 Å². The Balaban J connectivity index is 1.70. The molecule has 31 heavy (non-hydrogen) atoms. The van der Waals surface area contributed by atoms with Crippen molar-refractivity contribution in [3.05, 3.63) is 63.8 Å². The van der Waals surface area contributed by atoms with Crippen molar-refractivity contribution in [1.82, 2.24) is 0 Å². The average Bonchev–Trinajstić information content (AvgIpc) is 3.22. The number of ether oxygens (including phenoxy) is 2. The van der Waals surface area contributed by atoms with Crippen LogP contribution in [0.4, 0.5) is 11.4 Å². The van der Waals surface area contributed by atoms with E-state index in [1.54, 1.807) is 13.1 Å². The van der Waals surface area contributed by atoms with E-state index in [4.69, 9.17) is 4.74 Å². The summed E-state index contributed by atoms with van der Waals surface area (Å²) in [4.78, 5) is 26.1. The zero-order valence-electron chi connectivity index (χ0n) is 16.8. The second-order valence-electron chi connectivity index (χ2n) is 6.86. The van der Waals surface area contributed by atoms with Crippen LogP contribution in [0.15, 0.2) is 52.7 Å². The molecule has 0 saturated carbocycles. The lowest BCUT2D eigenvalue weighted by molar-refractivity contribution is 0.0602. The van der Waals surface area contributed by atoms with Crippen LogP contribution in [0.3, 0.4) is 0 Å². The van der Waals surface area contributed by atoms with Crippen LogP contribution in [-0.2, 0) is 14.8 Å². The normalized spacial score (nSPS) is 13.0. The molecule has 0 atom stereocenters. The number of methoxy groups -OCH3 is 1. The summed E-state index contributed by atoms with van der Waals surface area (Å²) in [6, 6.07) is 11.3. The number of nitrogens with zero attached hydrogens (tertiary/aromatic N) is 1. The van der Waals surface area contributed by atoms with Crippen LogP contribution < -0.4 is 14.4 Å². The Bertz CT molecular complexity index is 1310. The Hall–Kier alpha value is -3.37. The van der Waals surface area contributed by atoms with E-state index < -0.39 is 16.0 Å². The quantitative estimate of drug-likeness (QED) is 0.593. The standard InChI is InChI=1S/C21H18N2O6S2/c1-12-4-6-17-15(10-12)23(2)20(24)14-11-13(5-7-16(14)29-17)22-31(26,27)18-8-9-30-19(18)21(25)28-3/h4-11,22H,1-3H3. The number of carbonyl (C=O) groups is 2. The summed E-state index contributed by atoms with van der Waals surface area (Å²) in [5.41, 5.74) is 1.95. The fraction of sp³-hybridized carbons (Fsp3) is 0.143. The number of aryl methyl sites for hydroxylation is 1. The van der Waals surface area contributed by atoms with Crippen LogP contribution in [0.5, 0.6) is 11.5 Å². The number of benzene rings is 2. The van der Waals surface area contributed by atoms with Crippen molar-refractivity contribution in [2.45, 2.75) is 11.8 Å². The van der Waals surface area contributed by atoms with Crippen LogP contribution >= 0.6 is 11.3 Å². The average molecular weight is 459 g/mol. The van der Waals surface area contributed by atoms with Gasteiger partial charge in [0.1, 0.15) is 15.5 Å². The number of fused-ring (bicyclic) bond motifs is 2. The Labute approximate surface area is 183 Å². The molecule has 4 rings (SSSR count). The first kappa shape index (κ1) is 20.9. The number of amides is 1. The molecule has 1 N–H and O–H groups in total. The van der Waals surface area contributed by atoms with Gasteiger partial charge in [-0.25, -0.2) is 13.2 Å². The minimum atomic E-state index is -4.09. The number of sulfonamides is 1. The first-order valence-electron chi connectivity index (χ1n) is 9.10. The monoisotopic (exact) mass is 458 g/mol. The number of nitrogens with one attached hydrogen (secondary N) is 1. The van der Waals surface area contributed by atoms with Crippen molar-refractivity contribution in [2.24, 2.45) is 0 Å². The molecule has 3 aromatic rings. The van der Waals surface area contributed by atoms with E-state index in [1.165, 1.54) is 41.7 Å². The third kappa shape index (κ3) is 3.75. The van der Waals surface area contributed by atoms with E-state index in [0.29, 0.717) is 17.2 Å². The maximum atomic E-state index is 13.0. The summed E-state index contributed by atoms with van der Waals surface area (Å²) in [6.45, 7) is 1.91. The lowest BCUT2D eigenvalue weighted by Crippen LogP contribution is -2.25. The van der Waals surface area contributed by atoms with Gasteiger partial charge >= 0.3 is 5.97 Å². The Morgan fingerprint density at radius 2 is 1.87 bits per heavy atom. The van der Waals surface area contributed by atoms with Gasteiger partial charge in [-0.1, -0.05) is 6.07 Å². The summed E-state index contributed by atoms with van der Waals surface area (Å²) in [6.07, 6.45) is 0. The predicted molar refractivity (Wildman–Crippen MR) is 117 cm³/mol. The molecule has 0 aliphatic carbocycles. The number of thiophene rings is 1. The van der Waals surface area contributed by atoms with Crippen molar-refractivity contribution >= 4 is 44.6 Å². The van der Waals surface area contributed by atoms with Crippen LogP contribution in [0.2, 0.25) is 0 Å². The van der Waals surface area contributed by atoms with Gasteiger partial charge in [-0.15, -0.1) is 11.3 Å². The molecule has 0 radical (unpaired) electrons. The molecule has 2 heterocycles. The third-order valence-corrected chi connectivity index (χ3v) is 7.20. The number of hydrogen-bond donors (Lipinski definition) is 1. The number of esters is 1. The fourth-order valence-corrected chi connectivity index (χ4v) is 5.58. The van der Waals surface area contributed by atoms with E-state index in [9.17, 15) is 18.0 Å². The smallest absolute Gasteiger partial charge is 0.349 e. The highest BCUT2D eigenvalue weighted by atomic mass is 32.2. The molecular formula is C21H18N2O6S2. The Morgan fingerprint density at radius 1 is 1.13 bits per heavy atom. The van der Waals surface area contributed by atoms with Gasteiger partial charge in [0.15, 0.2) is 5.75 Å². The van der Waals surface area contributed by atoms with Gasteiger partial charge in [0.25, 0.3) is 15.9 Å². The van der Waals surface area contributed by atoms with Gasteiger partial charge in [-0.05, 0) is 54.3 Å². The molecule has 0 unspecified atom stereocenters. The SMILES string of the molecule is COC(=O)c1sccc1S(=O)(=O)Nc1ccc2c(c1)C(=O)N(C)c1cc(C)ccc1O2. The number of hydrogen-bond acceptors (Lipinski definition) is 7. The highest BCUT2D eigenvalue weighted by molar-refractivity contribution is 7.93. The summed E-state index contributed by atoms with van der Waals surface area (Å²) >= 11 is 0.966. The van der Waals surface area contributed by atoms with Gasteiger partial charge in [0.2, 0.25) is 0 Å². The molecule has 1 amide bonds. The first-order valence-corrected chi connectivity index (χ1v) is 11.5. The zero-order valence-corrected chi connectivity index (χ0v) is 18.5. The second-order valence-corrected chi connectivity index (χ2v) is 9.43. The Morgan fingerprint density at radius 3 is 2.61 bits per heavy atom. The highest BCUT2D eigenvalue weighted by Gasteiger charge is 2.28.